The van der Waals surface area contributed by atoms with Crippen molar-refractivity contribution in [2.45, 2.75) is 96.8 Å². The minimum atomic E-state index is -2.61. The predicted octanol–water partition coefficient (Wildman–Crippen LogP) is 7.58. The summed E-state index contributed by atoms with van der Waals surface area (Å²) < 4.78 is 21.0. The van der Waals surface area contributed by atoms with E-state index in [1.165, 1.54) is 83.5 Å². The molecule has 1 unspecified atom stereocenters. The van der Waals surface area contributed by atoms with Crippen molar-refractivity contribution in [1.82, 2.24) is 0 Å². The summed E-state index contributed by atoms with van der Waals surface area (Å²) in [6.07, 6.45) is 18.9. The Morgan fingerprint density at radius 3 is 1.56 bits per heavy atom. The molecule has 1 aromatic carbocycles. The van der Waals surface area contributed by atoms with Crippen LogP contribution >= 0.6 is 8.25 Å². The van der Waals surface area contributed by atoms with Crippen molar-refractivity contribution in [3.8, 4) is 11.5 Å². The summed E-state index contributed by atoms with van der Waals surface area (Å²) in [5.74, 6) is 1.15. The standard InChI is InChI=1S/C22H37O4P/c1-2-3-4-5-6-7-8-9-10-11-12-13-14-15-20-25-21-16-18-22(19-17-21)26-27(23)24/h16-19H,2-15,20H2,1H3/p+1. The molecular weight excluding hydrogens is 359 g/mol. The second kappa shape index (κ2) is 17.0. The Balaban J connectivity index is 1.84. The molecule has 1 aromatic rings. The molecule has 0 heterocycles. The molecule has 1 atom stereocenters. The molecular formula is C22H38O4P+. The van der Waals surface area contributed by atoms with Crippen LogP contribution in [0, 0.1) is 0 Å². The highest BCUT2D eigenvalue weighted by Gasteiger charge is 2.13. The van der Waals surface area contributed by atoms with Crippen LogP contribution in [0.25, 0.3) is 0 Å². The first-order valence-electron chi connectivity index (χ1n) is 10.8. The Labute approximate surface area is 166 Å². The van der Waals surface area contributed by atoms with Gasteiger partial charge >= 0.3 is 8.25 Å². The maximum Gasteiger partial charge on any atom is 0.747 e. The van der Waals surface area contributed by atoms with E-state index >= 15 is 0 Å². The lowest BCUT2D eigenvalue weighted by Gasteiger charge is -2.06. The maximum absolute atomic E-state index is 10.6. The summed E-state index contributed by atoms with van der Waals surface area (Å²) in [5.41, 5.74) is 0. The average molecular weight is 398 g/mol. The van der Waals surface area contributed by atoms with Gasteiger partial charge in [-0.25, -0.2) is 4.52 Å². The van der Waals surface area contributed by atoms with Crippen LogP contribution < -0.4 is 9.26 Å². The minimum Gasteiger partial charge on any atom is -0.494 e. The van der Waals surface area contributed by atoms with Gasteiger partial charge in [-0.3, -0.25) is 0 Å². The molecule has 0 saturated carbocycles. The smallest absolute Gasteiger partial charge is 0.494 e. The molecule has 0 bridgehead atoms. The Kier molecular flexibility index (Phi) is 15.1. The van der Waals surface area contributed by atoms with Crippen molar-refractivity contribution >= 4 is 8.25 Å². The molecule has 4 nitrogen and oxygen atoms in total. The Morgan fingerprint density at radius 1 is 0.704 bits per heavy atom. The second-order valence-corrected chi connectivity index (χ2v) is 7.90. The van der Waals surface area contributed by atoms with Crippen molar-refractivity contribution < 1.29 is 18.7 Å². The summed E-state index contributed by atoms with van der Waals surface area (Å²) in [6, 6.07) is 6.81. The molecule has 0 aliphatic rings. The van der Waals surface area contributed by atoms with Crippen LogP contribution in [0.5, 0.6) is 11.5 Å². The topological polar surface area (TPSA) is 55.8 Å². The highest BCUT2D eigenvalue weighted by molar-refractivity contribution is 7.32. The van der Waals surface area contributed by atoms with Crippen LogP contribution in [-0.4, -0.2) is 11.5 Å². The monoisotopic (exact) mass is 397 g/mol. The Morgan fingerprint density at radius 2 is 1.11 bits per heavy atom. The van der Waals surface area contributed by atoms with Crippen molar-refractivity contribution in [2.75, 3.05) is 6.61 Å². The lowest BCUT2D eigenvalue weighted by atomic mass is 10.0. The molecule has 0 aromatic heterocycles. The van der Waals surface area contributed by atoms with Gasteiger partial charge in [-0.1, -0.05) is 90.4 Å². The molecule has 0 amide bonds. The Hall–Kier alpha value is -1.12. The van der Waals surface area contributed by atoms with Crippen molar-refractivity contribution in [3.05, 3.63) is 24.3 Å². The highest BCUT2D eigenvalue weighted by Crippen LogP contribution is 2.25. The van der Waals surface area contributed by atoms with Crippen LogP contribution in [0.4, 0.5) is 0 Å². The third-order valence-electron chi connectivity index (χ3n) is 4.77. The quantitative estimate of drug-likeness (QED) is 0.205. The third-order valence-corrected chi connectivity index (χ3v) is 5.14. The zero-order valence-electron chi connectivity index (χ0n) is 17.0. The molecule has 0 spiro atoms. The molecule has 27 heavy (non-hydrogen) atoms. The largest absolute Gasteiger partial charge is 0.747 e. The number of unbranched alkanes of at least 4 members (excludes halogenated alkanes) is 13. The number of ether oxygens (including phenoxy) is 1. The normalized spacial score (nSPS) is 11.4. The van der Waals surface area contributed by atoms with Crippen molar-refractivity contribution in [3.63, 3.8) is 0 Å². The van der Waals surface area contributed by atoms with E-state index in [0.29, 0.717) is 12.4 Å². The van der Waals surface area contributed by atoms with Gasteiger partial charge in [0, 0.05) is 4.57 Å². The lowest BCUT2D eigenvalue weighted by Crippen LogP contribution is -1.97. The third kappa shape index (κ3) is 14.6. The van der Waals surface area contributed by atoms with Crippen molar-refractivity contribution in [2.24, 2.45) is 0 Å². The molecule has 0 fully saturated rings. The molecule has 0 saturated heterocycles. The minimum absolute atomic E-state index is 0.377. The number of rotatable bonds is 18. The fourth-order valence-electron chi connectivity index (χ4n) is 3.17. The van der Waals surface area contributed by atoms with Gasteiger partial charge in [0.1, 0.15) is 5.75 Å². The molecule has 0 radical (unpaired) electrons. The van der Waals surface area contributed by atoms with Gasteiger partial charge in [-0.15, -0.1) is 4.89 Å². The molecule has 0 aliphatic carbocycles. The van der Waals surface area contributed by atoms with Gasteiger partial charge in [-0.2, -0.15) is 0 Å². The first kappa shape index (κ1) is 23.9. The highest BCUT2D eigenvalue weighted by atomic mass is 31.1. The second-order valence-electron chi connectivity index (χ2n) is 7.25. The van der Waals surface area contributed by atoms with Crippen LogP contribution in [-0.2, 0) is 4.57 Å². The van der Waals surface area contributed by atoms with E-state index in [0.717, 1.165) is 12.2 Å². The Bertz CT molecular complexity index is 476. The van der Waals surface area contributed by atoms with Gasteiger partial charge in [0.05, 0.1) is 6.61 Å². The van der Waals surface area contributed by atoms with E-state index in [2.05, 4.69) is 6.92 Å². The van der Waals surface area contributed by atoms with E-state index in [-0.39, 0.29) is 0 Å². The van der Waals surface area contributed by atoms with Crippen molar-refractivity contribution in [1.29, 1.82) is 0 Å². The van der Waals surface area contributed by atoms with E-state index in [1.54, 1.807) is 24.3 Å². The van der Waals surface area contributed by atoms with Gasteiger partial charge in [0.25, 0.3) is 0 Å². The summed E-state index contributed by atoms with van der Waals surface area (Å²) in [7, 11) is -2.61. The van der Waals surface area contributed by atoms with Gasteiger partial charge in [0.15, 0.2) is 5.75 Å². The number of benzene rings is 1. The molecule has 1 N–H and O–H groups in total. The van der Waals surface area contributed by atoms with Gasteiger partial charge in [-0.05, 0) is 30.7 Å². The van der Waals surface area contributed by atoms with Crippen LogP contribution in [0.15, 0.2) is 24.3 Å². The van der Waals surface area contributed by atoms with Crippen LogP contribution in [0.2, 0.25) is 0 Å². The van der Waals surface area contributed by atoms with E-state index in [9.17, 15) is 4.57 Å². The lowest BCUT2D eigenvalue weighted by molar-refractivity contribution is 0.304. The van der Waals surface area contributed by atoms with Crippen LogP contribution in [0.1, 0.15) is 96.8 Å². The van der Waals surface area contributed by atoms with E-state index in [1.807, 2.05) is 0 Å². The van der Waals surface area contributed by atoms with E-state index in [4.69, 9.17) is 14.2 Å². The number of hydrogen-bond acceptors (Lipinski definition) is 3. The zero-order valence-corrected chi connectivity index (χ0v) is 17.9. The van der Waals surface area contributed by atoms with Gasteiger partial charge < -0.3 is 4.74 Å². The zero-order chi connectivity index (χ0) is 19.6. The first-order valence-corrected chi connectivity index (χ1v) is 11.9. The first-order chi connectivity index (χ1) is 13.2. The maximum atomic E-state index is 10.6. The number of hydrogen-bond donors (Lipinski definition) is 1. The average Bonchev–Trinajstić information content (AvgIpc) is 2.66. The summed E-state index contributed by atoms with van der Waals surface area (Å²) in [5, 5.41) is 0. The van der Waals surface area contributed by atoms with Gasteiger partial charge in [0.2, 0.25) is 0 Å². The molecule has 5 heteroatoms. The molecule has 0 aliphatic heterocycles. The fourth-order valence-corrected chi connectivity index (χ4v) is 3.48. The summed E-state index contributed by atoms with van der Waals surface area (Å²) in [4.78, 5) is 8.68. The fraction of sp³-hybridized carbons (Fsp3) is 0.727. The SMILES string of the molecule is CCCCCCCCCCCCCCCCOc1ccc(O[P+](=O)O)cc1. The summed E-state index contributed by atoms with van der Waals surface area (Å²) in [6.45, 7) is 2.99. The predicted molar refractivity (Wildman–Crippen MR) is 113 cm³/mol. The van der Waals surface area contributed by atoms with E-state index < -0.39 is 8.25 Å². The summed E-state index contributed by atoms with van der Waals surface area (Å²) >= 11 is 0. The molecule has 154 valence electrons. The molecule has 1 rings (SSSR count). The van der Waals surface area contributed by atoms with Crippen LogP contribution in [0.3, 0.4) is 0 Å².